The third-order valence-electron chi connectivity index (χ3n) is 2.04. The van der Waals surface area contributed by atoms with Crippen LogP contribution in [-0.4, -0.2) is 37.2 Å². The quantitative estimate of drug-likeness (QED) is 0.672. The summed E-state index contributed by atoms with van der Waals surface area (Å²) in [6.45, 7) is 0.836. The maximum Gasteiger partial charge on any atom is 0.180 e. The lowest BCUT2D eigenvalue weighted by molar-refractivity contribution is 0.640. The third-order valence-corrected chi connectivity index (χ3v) is 7.91. The molecular weight excluding hydrogens is 345 g/mol. The molecule has 0 fully saturated rings. The van der Waals surface area contributed by atoms with Crippen molar-refractivity contribution in [1.29, 1.82) is 0 Å². The zero-order chi connectivity index (χ0) is 12.4. The fourth-order valence-electron chi connectivity index (χ4n) is 1.28. The highest BCUT2D eigenvalue weighted by molar-refractivity contribution is 8.05. The Morgan fingerprint density at radius 2 is 1.56 bits per heavy atom. The van der Waals surface area contributed by atoms with Gasteiger partial charge >= 0.3 is 0 Å². The van der Waals surface area contributed by atoms with Crippen molar-refractivity contribution in [2.24, 2.45) is 0 Å². The molecule has 0 aliphatic carbocycles. The van der Waals surface area contributed by atoms with E-state index < -0.39 is 0 Å². The van der Waals surface area contributed by atoms with Crippen LogP contribution in [-0.2, 0) is 6.54 Å². The Labute approximate surface area is 130 Å². The first-order valence-electron chi connectivity index (χ1n) is 5.11. The van der Waals surface area contributed by atoms with Gasteiger partial charge in [0.05, 0.1) is 6.54 Å². The minimum absolute atomic E-state index is 0.836. The molecule has 0 N–H and O–H groups in total. The van der Waals surface area contributed by atoms with Crippen LogP contribution in [0.5, 0.6) is 0 Å². The number of fused-ring (bicyclic) bond motifs is 4. The molecule has 1 aliphatic rings. The van der Waals surface area contributed by atoms with Gasteiger partial charge in [-0.3, -0.25) is 0 Å². The molecule has 0 saturated heterocycles. The predicted molar refractivity (Wildman–Crippen MR) is 83.0 cm³/mol. The molecule has 3 heterocycles. The Kier molecular flexibility index (Phi) is 4.63. The third kappa shape index (κ3) is 3.28. The van der Waals surface area contributed by atoms with Crippen LogP contribution >= 0.6 is 70.2 Å². The smallest absolute Gasteiger partial charge is 0.180 e. The van der Waals surface area contributed by atoms with Crippen molar-refractivity contribution in [2.75, 3.05) is 17.3 Å². The highest BCUT2D eigenvalue weighted by Gasteiger charge is 2.09. The normalized spacial score (nSPS) is 16.7. The molecule has 0 radical (unpaired) electrons. The van der Waals surface area contributed by atoms with Crippen molar-refractivity contribution < 1.29 is 0 Å². The monoisotopic (exact) mass is 352 g/mol. The second kappa shape index (κ2) is 6.23. The molecular formula is C8H8N4S6. The molecule has 0 saturated carbocycles. The molecule has 0 atom stereocenters. The summed E-state index contributed by atoms with van der Waals surface area (Å²) in [5.74, 6) is 2.98. The topological polar surface area (TPSA) is 43.6 Å². The molecule has 10 heteroatoms. The van der Waals surface area contributed by atoms with Crippen LogP contribution in [0, 0.1) is 3.95 Å². The summed E-state index contributed by atoms with van der Waals surface area (Å²) < 4.78 is 5.95. The van der Waals surface area contributed by atoms with Gasteiger partial charge in [0.1, 0.15) is 0 Å². The number of hydrogen-bond donors (Lipinski definition) is 0. The van der Waals surface area contributed by atoms with E-state index >= 15 is 0 Å². The van der Waals surface area contributed by atoms with E-state index in [1.807, 2.05) is 4.68 Å². The first-order valence-corrected chi connectivity index (χ1v) is 10.1. The van der Waals surface area contributed by atoms with Gasteiger partial charge in [0.2, 0.25) is 0 Å². The van der Waals surface area contributed by atoms with Crippen LogP contribution in [0.1, 0.15) is 0 Å². The average Bonchev–Trinajstić information content (AvgIpc) is 2.93. The van der Waals surface area contributed by atoms with Crippen molar-refractivity contribution in [3.8, 4) is 0 Å². The van der Waals surface area contributed by atoms with E-state index in [1.165, 1.54) is 0 Å². The van der Waals surface area contributed by atoms with Gasteiger partial charge in [-0.25, -0.2) is 4.68 Å². The van der Waals surface area contributed by atoms with Crippen molar-refractivity contribution in [2.45, 2.75) is 19.6 Å². The summed E-state index contributed by atoms with van der Waals surface area (Å²) in [6.07, 6.45) is 0. The van der Waals surface area contributed by atoms with E-state index in [2.05, 4.69) is 15.3 Å². The summed E-state index contributed by atoms with van der Waals surface area (Å²) in [4.78, 5) is 0. The standard InChI is InChI=1S/C8H8N4S6/c13-8-12-1-2-14-5-9-10-6(17-5)15-3-4-16-7(11-12)18-8/h1-4H2. The second-order valence-corrected chi connectivity index (χ2v) is 9.86. The lowest BCUT2D eigenvalue weighted by atomic mass is 10.8. The van der Waals surface area contributed by atoms with Gasteiger partial charge in [-0.05, 0) is 12.2 Å². The van der Waals surface area contributed by atoms with Crippen LogP contribution in [0.15, 0.2) is 13.0 Å². The lowest BCUT2D eigenvalue weighted by Gasteiger charge is -1.98. The first kappa shape index (κ1) is 13.4. The van der Waals surface area contributed by atoms with Crippen molar-refractivity contribution in [3.05, 3.63) is 3.95 Å². The number of rotatable bonds is 0. The van der Waals surface area contributed by atoms with Gasteiger partial charge in [-0.2, -0.15) is 5.10 Å². The lowest BCUT2D eigenvalue weighted by Crippen LogP contribution is -2.02. The Morgan fingerprint density at radius 3 is 2.33 bits per heavy atom. The molecule has 0 unspecified atom stereocenters. The molecule has 3 rings (SSSR count). The molecule has 0 spiro atoms. The Morgan fingerprint density at radius 1 is 0.889 bits per heavy atom. The molecule has 0 amide bonds. The maximum absolute atomic E-state index is 5.31. The van der Waals surface area contributed by atoms with Crippen LogP contribution in [0.3, 0.4) is 0 Å². The molecule has 1 aliphatic heterocycles. The largest absolute Gasteiger partial charge is 0.243 e. The van der Waals surface area contributed by atoms with Gasteiger partial charge in [0.15, 0.2) is 17.0 Å². The summed E-state index contributed by atoms with van der Waals surface area (Å²) in [6, 6.07) is 0. The molecule has 96 valence electrons. The SMILES string of the molecule is S=c1sc2nn1CCSc1nnc(s1)SCCS2. The summed E-state index contributed by atoms with van der Waals surface area (Å²) in [5, 5.41) is 12.9. The van der Waals surface area contributed by atoms with Crippen molar-refractivity contribution in [3.63, 3.8) is 0 Å². The molecule has 2 aromatic heterocycles. The van der Waals surface area contributed by atoms with Crippen LogP contribution < -0.4 is 0 Å². The minimum atomic E-state index is 0.836. The highest BCUT2D eigenvalue weighted by atomic mass is 32.2. The van der Waals surface area contributed by atoms with Gasteiger partial charge in [-0.1, -0.05) is 58.0 Å². The average molecular weight is 353 g/mol. The van der Waals surface area contributed by atoms with E-state index in [0.29, 0.717) is 0 Å². The van der Waals surface area contributed by atoms with E-state index in [-0.39, 0.29) is 0 Å². The van der Waals surface area contributed by atoms with Crippen LogP contribution in [0.2, 0.25) is 0 Å². The van der Waals surface area contributed by atoms with Gasteiger partial charge in [0.25, 0.3) is 0 Å². The van der Waals surface area contributed by atoms with E-state index in [9.17, 15) is 0 Å². The predicted octanol–water partition coefficient (Wildman–Crippen LogP) is 3.52. The summed E-state index contributed by atoms with van der Waals surface area (Å²) in [5.41, 5.74) is 0. The number of hydrogen-bond acceptors (Lipinski definition) is 9. The van der Waals surface area contributed by atoms with Crippen molar-refractivity contribution in [1.82, 2.24) is 20.0 Å². The number of thioether (sulfide) groups is 3. The minimum Gasteiger partial charge on any atom is -0.243 e. The van der Waals surface area contributed by atoms with Gasteiger partial charge < -0.3 is 0 Å². The van der Waals surface area contributed by atoms with E-state index in [0.717, 1.165) is 40.8 Å². The molecule has 4 nitrogen and oxygen atoms in total. The summed E-state index contributed by atoms with van der Waals surface area (Å²) >= 11 is 13.8. The number of aromatic nitrogens is 4. The van der Waals surface area contributed by atoms with E-state index in [1.54, 1.807) is 58.0 Å². The fraction of sp³-hybridized carbons (Fsp3) is 0.500. The molecule has 2 aromatic rings. The molecule has 4 bridgehead atoms. The number of aryl methyl sites for hydroxylation is 1. The summed E-state index contributed by atoms with van der Waals surface area (Å²) in [7, 11) is 0. The number of nitrogens with zero attached hydrogens (tertiary/aromatic N) is 4. The van der Waals surface area contributed by atoms with Crippen LogP contribution in [0.25, 0.3) is 0 Å². The zero-order valence-corrected chi connectivity index (χ0v) is 14.0. The van der Waals surface area contributed by atoms with Crippen LogP contribution in [0.4, 0.5) is 0 Å². The maximum atomic E-state index is 5.31. The highest BCUT2D eigenvalue weighted by Crippen LogP contribution is 2.31. The Balaban J connectivity index is 1.80. The van der Waals surface area contributed by atoms with E-state index in [4.69, 9.17) is 12.2 Å². The Bertz CT molecular complexity index is 586. The zero-order valence-electron chi connectivity index (χ0n) is 9.07. The second-order valence-electron chi connectivity index (χ2n) is 3.24. The van der Waals surface area contributed by atoms with Gasteiger partial charge in [0, 0.05) is 17.3 Å². The van der Waals surface area contributed by atoms with Gasteiger partial charge in [-0.15, -0.1) is 10.2 Å². The Hall–Kier alpha value is 0.390. The molecule has 0 aromatic carbocycles. The van der Waals surface area contributed by atoms with Crippen molar-refractivity contribution >= 4 is 70.2 Å². The first-order chi connectivity index (χ1) is 8.81. The fourth-order valence-corrected chi connectivity index (χ4v) is 6.78. The molecule has 18 heavy (non-hydrogen) atoms.